The Morgan fingerprint density at radius 3 is 2.52 bits per heavy atom. The predicted molar refractivity (Wildman–Crippen MR) is 70.8 cm³/mol. The van der Waals surface area contributed by atoms with E-state index in [1.54, 1.807) is 30.3 Å². The van der Waals surface area contributed by atoms with Crippen LogP contribution in [0.4, 0.5) is 10.1 Å². The summed E-state index contributed by atoms with van der Waals surface area (Å²) in [6.45, 7) is 0.0225. The van der Waals surface area contributed by atoms with Crippen LogP contribution in [-0.2, 0) is 6.61 Å². The molecule has 0 spiro atoms. The summed E-state index contributed by atoms with van der Waals surface area (Å²) < 4.78 is 18.9. The van der Waals surface area contributed by atoms with Gasteiger partial charge in [0.2, 0.25) is 0 Å². The van der Waals surface area contributed by atoms with E-state index in [4.69, 9.17) is 9.84 Å². The summed E-state index contributed by atoms with van der Waals surface area (Å²) in [5.41, 5.74) is -0.677. The number of carboxylic acid groups (broad SMARTS) is 1. The van der Waals surface area contributed by atoms with Crippen molar-refractivity contribution in [3.05, 3.63) is 69.5 Å². The lowest BCUT2D eigenvalue weighted by Crippen LogP contribution is -2.05. The molecule has 0 heterocycles. The highest BCUT2D eigenvalue weighted by atomic mass is 19.1. The van der Waals surface area contributed by atoms with Crippen LogP contribution in [0.25, 0.3) is 0 Å². The molecule has 21 heavy (non-hydrogen) atoms. The Kier molecular flexibility index (Phi) is 4.13. The van der Waals surface area contributed by atoms with Crippen LogP contribution in [0.1, 0.15) is 15.9 Å². The lowest BCUT2D eigenvalue weighted by molar-refractivity contribution is -0.385. The van der Waals surface area contributed by atoms with E-state index in [0.717, 1.165) is 11.6 Å². The SMILES string of the molecule is O=C(O)c1cc(OCc2ccccc2)c(F)cc1[N+](=O)[O-]. The molecule has 1 N–H and O–H groups in total. The van der Waals surface area contributed by atoms with Crippen LogP contribution in [0.2, 0.25) is 0 Å². The van der Waals surface area contributed by atoms with Gasteiger partial charge < -0.3 is 9.84 Å². The molecule has 2 aromatic rings. The molecule has 0 aliphatic heterocycles. The van der Waals surface area contributed by atoms with Gasteiger partial charge in [0.05, 0.1) is 11.0 Å². The molecule has 0 amide bonds. The standard InChI is InChI=1S/C14H10FNO5/c15-11-7-12(16(19)20)10(14(17)18)6-13(11)21-8-9-4-2-1-3-5-9/h1-7H,8H2,(H,17,18). The van der Waals surface area contributed by atoms with Gasteiger partial charge in [0.1, 0.15) is 12.2 Å². The summed E-state index contributed by atoms with van der Waals surface area (Å²) in [6.07, 6.45) is 0. The van der Waals surface area contributed by atoms with Gasteiger partial charge >= 0.3 is 5.97 Å². The van der Waals surface area contributed by atoms with Crippen LogP contribution >= 0.6 is 0 Å². The number of rotatable bonds is 5. The molecule has 0 unspecified atom stereocenters. The van der Waals surface area contributed by atoms with Crippen molar-refractivity contribution in [2.45, 2.75) is 6.61 Å². The van der Waals surface area contributed by atoms with Crippen LogP contribution in [0.15, 0.2) is 42.5 Å². The fourth-order valence-corrected chi connectivity index (χ4v) is 1.71. The minimum atomic E-state index is -1.52. The number of ether oxygens (including phenoxy) is 1. The van der Waals surface area contributed by atoms with Crippen LogP contribution in [0.5, 0.6) is 5.75 Å². The Morgan fingerprint density at radius 1 is 1.29 bits per heavy atom. The van der Waals surface area contributed by atoms with E-state index in [2.05, 4.69) is 0 Å². The van der Waals surface area contributed by atoms with Crippen molar-refractivity contribution in [3.8, 4) is 5.75 Å². The number of halogens is 1. The predicted octanol–water partition coefficient (Wildman–Crippen LogP) is 3.01. The fraction of sp³-hybridized carbons (Fsp3) is 0.0714. The quantitative estimate of drug-likeness (QED) is 0.675. The van der Waals surface area contributed by atoms with Crippen molar-refractivity contribution in [1.82, 2.24) is 0 Å². The molecule has 0 saturated heterocycles. The molecule has 0 fully saturated rings. The van der Waals surface area contributed by atoms with Crippen molar-refractivity contribution < 1.29 is 24.0 Å². The maximum absolute atomic E-state index is 13.7. The maximum Gasteiger partial charge on any atom is 0.342 e. The number of nitro benzene ring substituents is 1. The second-order valence-electron chi connectivity index (χ2n) is 4.14. The van der Waals surface area contributed by atoms with Crippen molar-refractivity contribution in [1.29, 1.82) is 0 Å². The number of hydrogen-bond donors (Lipinski definition) is 1. The zero-order valence-corrected chi connectivity index (χ0v) is 10.7. The number of carboxylic acids is 1. The van der Waals surface area contributed by atoms with Crippen molar-refractivity contribution in [2.75, 3.05) is 0 Å². The zero-order chi connectivity index (χ0) is 15.4. The van der Waals surface area contributed by atoms with Gasteiger partial charge in [-0.25, -0.2) is 9.18 Å². The number of aromatic carboxylic acids is 1. The highest BCUT2D eigenvalue weighted by Gasteiger charge is 2.23. The average molecular weight is 291 g/mol. The minimum Gasteiger partial charge on any atom is -0.486 e. The molecule has 7 heteroatoms. The molecule has 0 radical (unpaired) electrons. The Labute approximate surface area is 118 Å². The van der Waals surface area contributed by atoms with Crippen LogP contribution in [0.3, 0.4) is 0 Å². The monoisotopic (exact) mass is 291 g/mol. The molecule has 0 saturated carbocycles. The van der Waals surface area contributed by atoms with E-state index < -0.39 is 28.0 Å². The summed E-state index contributed by atoms with van der Waals surface area (Å²) in [5, 5.41) is 19.6. The minimum absolute atomic E-state index is 0.0225. The van der Waals surface area contributed by atoms with E-state index in [1.165, 1.54) is 0 Å². The molecule has 0 aromatic heterocycles. The number of hydrogen-bond acceptors (Lipinski definition) is 4. The van der Waals surface area contributed by atoms with Gasteiger partial charge in [0, 0.05) is 6.07 Å². The first-order chi connectivity index (χ1) is 9.99. The van der Waals surface area contributed by atoms with Gasteiger partial charge in [-0.3, -0.25) is 10.1 Å². The Morgan fingerprint density at radius 2 is 1.95 bits per heavy atom. The second-order valence-corrected chi connectivity index (χ2v) is 4.14. The number of carbonyl (C=O) groups is 1. The van der Waals surface area contributed by atoms with Crippen molar-refractivity contribution in [3.63, 3.8) is 0 Å². The van der Waals surface area contributed by atoms with Gasteiger partial charge in [-0.1, -0.05) is 30.3 Å². The molecular formula is C14H10FNO5. The Bertz CT molecular complexity index is 687. The van der Waals surface area contributed by atoms with Crippen LogP contribution in [0, 0.1) is 15.9 Å². The van der Waals surface area contributed by atoms with Gasteiger partial charge in [0.15, 0.2) is 11.6 Å². The zero-order valence-electron chi connectivity index (χ0n) is 10.7. The third-order valence-electron chi connectivity index (χ3n) is 2.71. The summed E-state index contributed by atoms with van der Waals surface area (Å²) >= 11 is 0. The molecule has 0 aliphatic carbocycles. The highest BCUT2D eigenvalue weighted by molar-refractivity contribution is 5.92. The van der Waals surface area contributed by atoms with E-state index >= 15 is 0 Å². The number of nitro groups is 1. The molecule has 2 rings (SSSR count). The van der Waals surface area contributed by atoms with Crippen molar-refractivity contribution in [2.24, 2.45) is 0 Å². The van der Waals surface area contributed by atoms with Crippen LogP contribution in [-0.4, -0.2) is 16.0 Å². The smallest absolute Gasteiger partial charge is 0.342 e. The van der Waals surface area contributed by atoms with E-state index in [9.17, 15) is 19.3 Å². The lowest BCUT2D eigenvalue weighted by atomic mass is 10.1. The number of benzene rings is 2. The van der Waals surface area contributed by atoms with E-state index in [0.29, 0.717) is 6.07 Å². The van der Waals surface area contributed by atoms with Gasteiger partial charge in [-0.15, -0.1) is 0 Å². The van der Waals surface area contributed by atoms with Gasteiger partial charge in [-0.05, 0) is 5.56 Å². The summed E-state index contributed by atoms with van der Waals surface area (Å²) in [4.78, 5) is 20.7. The van der Waals surface area contributed by atoms with Gasteiger partial charge in [-0.2, -0.15) is 0 Å². The first-order valence-corrected chi connectivity index (χ1v) is 5.87. The summed E-state index contributed by atoms with van der Waals surface area (Å²) in [5.74, 6) is -2.85. The first-order valence-electron chi connectivity index (χ1n) is 5.87. The second kappa shape index (κ2) is 6.00. The van der Waals surface area contributed by atoms with E-state index in [-0.39, 0.29) is 12.4 Å². The van der Waals surface area contributed by atoms with Crippen molar-refractivity contribution >= 4 is 11.7 Å². The Hall–Kier alpha value is -2.96. The average Bonchev–Trinajstić information content (AvgIpc) is 2.46. The third-order valence-corrected chi connectivity index (χ3v) is 2.71. The molecule has 0 atom stereocenters. The molecule has 108 valence electrons. The molecule has 0 bridgehead atoms. The van der Waals surface area contributed by atoms with Gasteiger partial charge in [0.25, 0.3) is 5.69 Å². The molecule has 0 aliphatic rings. The lowest BCUT2D eigenvalue weighted by Gasteiger charge is -2.08. The fourth-order valence-electron chi connectivity index (χ4n) is 1.71. The first kappa shape index (κ1) is 14.4. The molecular weight excluding hydrogens is 281 g/mol. The summed E-state index contributed by atoms with van der Waals surface area (Å²) in [7, 11) is 0. The molecule has 6 nitrogen and oxygen atoms in total. The summed E-state index contributed by atoms with van der Waals surface area (Å²) in [6, 6.07) is 10.2. The molecule has 2 aromatic carbocycles. The number of nitrogens with zero attached hydrogens (tertiary/aromatic N) is 1. The third kappa shape index (κ3) is 3.33. The van der Waals surface area contributed by atoms with Crippen LogP contribution < -0.4 is 4.74 Å². The Balaban J connectivity index is 2.30. The topological polar surface area (TPSA) is 89.7 Å². The highest BCUT2D eigenvalue weighted by Crippen LogP contribution is 2.28. The largest absolute Gasteiger partial charge is 0.486 e. The maximum atomic E-state index is 13.7. The van der Waals surface area contributed by atoms with E-state index in [1.807, 2.05) is 0 Å². The normalized spacial score (nSPS) is 10.1.